The summed E-state index contributed by atoms with van der Waals surface area (Å²) in [4.78, 5) is 12.0. The summed E-state index contributed by atoms with van der Waals surface area (Å²) in [5, 5.41) is 14.0. The minimum absolute atomic E-state index is 0.0195. The van der Waals surface area contributed by atoms with E-state index in [0.717, 1.165) is 23.1 Å². The van der Waals surface area contributed by atoms with Crippen LogP contribution >= 0.6 is 23.4 Å². The van der Waals surface area contributed by atoms with Crippen molar-refractivity contribution in [3.8, 4) is 0 Å². The van der Waals surface area contributed by atoms with E-state index in [9.17, 15) is 9.90 Å². The number of hydrogen-bond acceptors (Lipinski definition) is 3. The van der Waals surface area contributed by atoms with E-state index < -0.39 is 0 Å². The minimum atomic E-state index is -0.157. The number of aromatic nitrogens is 1. The molecule has 0 aliphatic rings. The van der Waals surface area contributed by atoms with Gasteiger partial charge in [0.05, 0.1) is 12.6 Å². The van der Waals surface area contributed by atoms with Gasteiger partial charge in [-0.05, 0) is 42.0 Å². The Morgan fingerprint density at radius 3 is 3.00 bits per heavy atom. The van der Waals surface area contributed by atoms with Crippen molar-refractivity contribution in [3.05, 3.63) is 35.5 Å². The molecule has 22 heavy (non-hydrogen) atoms. The van der Waals surface area contributed by atoms with Gasteiger partial charge in [-0.15, -0.1) is 0 Å². The molecule has 0 fully saturated rings. The fraction of sp³-hybridized carbons (Fsp3) is 0.438. The molecule has 0 spiro atoms. The zero-order chi connectivity index (χ0) is 15.9. The molecule has 0 saturated heterocycles. The number of aliphatic hydroxyl groups excluding tert-OH is 1. The molecule has 0 saturated carbocycles. The van der Waals surface area contributed by atoms with Crippen LogP contribution in [0.1, 0.15) is 12.8 Å². The second-order valence-corrected chi connectivity index (χ2v) is 6.61. The first-order valence-corrected chi connectivity index (χ1v) is 9.04. The first kappa shape index (κ1) is 17.2. The molecule has 1 atom stereocenters. The zero-order valence-corrected chi connectivity index (χ0v) is 14.2. The SMILES string of the molecule is CSCC[C@@H](CO)NC(=O)CCn1ccc2ccc(Cl)cc21. The Hall–Kier alpha value is -1.17. The summed E-state index contributed by atoms with van der Waals surface area (Å²) < 4.78 is 2.02. The van der Waals surface area contributed by atoms with Crippen LogP contribution < -0.4 is 5.32 Å². The molecule has 0 aliphatic heterocycles. The minimum Gasteiger partial charge on any atom is -0.394 e. The third-order valence-electron chi connectivity index (χ3n) is 3.57. The number of thioether (sulfide) groups is 1. The molecule has 1 aromatic carbocycles. The van der Waals surface area contributed by atoms with Crippen LogP contribution in [0.5, 0.6) is 0 Å². The number of halogens is 1. The molecule has 2 aromatic rings. The maximum atomic E-state index is 12.0. The van der Waals surface area contributed by atoms with E-state index in [2.05, 4.69) is 5.32 Å². The zero-order valence-electron chi connectivity index (χ0n) is 12.6. The number of hydrogen-bond donors (Lipinski definition) is 2. The molecule has 0 unspecified atom stereocenters. The van der Waals surface area contributed by atoms with Gasteiger partial charge < -0.3 is 15.0 Å². The average Bonchev–Trinajstić information content (AvgIpc) is 2.91. The molecule has 120 valence electrons. The van der Waals surface area contributed by atoms with E-state index in [4.69, 9.17) is 11.6 Å². The Labute approximate surface area is 139 Å². The lowest BCUT2D eigenvalue weighted by atomic mass is 10.2. The lowest BCUT2D eigenvalue weighted by molar-refractivity contribution is -0.122. The van der Waals surface area contributed by atoms with Crippen molar-refractivity contribution in [3.63, 3.8) is 0 Å². The molecular weight excluding hydrogens is 320 g/mol. The van der Waals surface area contributed by atoms with Gasteiger partial charge in [-0.2, -0.15) is 11.8 Å². The normalized spacial score (nSPS) is 12.5. The van der Waals surface area contributed by atoms with Crippen LogP contribution in [0.2, 0.25) is 5.02 Å². The molecule has 0 bridgehead atoms. The summed E-state index contributed by atoms with van der Waals surface area (Å²) in [7, 11) is 0. The second kappa shape index (κ2) is 8.46. The standard InChI is InChI=1S/C16H21ClN2O2S/c1-22-9-6-14(11-20)18-16(21)5-8-19-7-4-12-2-3-13(17)10-15(12)19/h2-4,7,10,14,20H,5-6,8-9,11H2,1H3,(H,18,21)/t14-/m0/s1. The Balaban J connectivity index is 1.91. The number of aryl methyl sites for hydroxylation is 1. The highest BCUT2D eigenvalue weighted by molar-refractivity contribution is 7.98. The Kier molecular flexibility index (Phi) is 6.61. The van der Waals surface area contributed by atoms with Crippen molar-refractivity contribution < 1.29 is 9.90 Å². The highest BCUT2D eigenvalue weighted by Crippen LogP contribution is 2.20. The van der Waals surface area contributed by atoms with Gasteiger partial charge in [-0.1, -0.05) is 17.7 Å². The number of amides is 1. The van der Waals surface area contributed by atoms with Crippen molar-refractivity contribution in [1.82, 2.24) is 9.88 Å². The largest absolute Gasteiger partial charge is 0.394 e. The van der Waals surface area contributed by atoms with Gasteiger partial charge in [0.15, 0.2) is 0 Å². The van der Waals surface area contributed by atoms with E-state index >= 15 is 0 Å². The van der Waals surface area contributed by atoms with Crippen LogP contribution in [-0.2, 0) is 11.3 Å². The second-order valence-electron chi connectivity index (χ2n) is 5.19. The van der Waals surface area contributed by atoms with Crippen LogP contribution in [0.15, 0.2) is 30.5 Å². The lowest BCUT2D eigenvalue weighted by Gasteiger charge is -2.16. The van der Waals surface area contributed by atoms with Crippen molar-refractivity contribution in [2.24, 2.45) is 0 Å². The van der Waals surface area contributed by atoms with Crippen LogP contribution in [0.4, 0.5) is 0 Å². The number of rotatable bonds is 8. The number of carbonyl (C=O) groups is 1. The molecule has 2 N–H and O–H groups in total. The number of nitrogens with zero attached hydrogens (tertiary/aromatic N) is 1. The monoisotopic (exact) mass is 340 g/mol. The van der Waals surface area contributed by atoms with E-state index in [-0.39, 0.29) is 18.6 Å². The topological polar surface area (TPSA) is 54.3 Å². The Morgan fingerprint density at radius 2 is 2.27 bits per heavy atom. The van der Waals surface area contributed by atoms with Gasteiger partial charge in [0.25, 0.3) is 0 Å². The molecule has 0 aliphatic carbocycles. The van der Waals surface area contributed by atoms with Crippen molar-refractivity contribution >= 4 is 40.2 Å². The maximum Gasteiger partial charge on any atom is 0.222 e. The summed E-state index contributed by atoms with van der Waals surface area (Å²) in [5.74, 6) is 0.885. The fourth-order valence-corrected chi connectivity index (χ4v) is 3.03. The third-order valence-corrected chi connectivity index (χ3v) is 4.45. The van der Waals surface area contributed by atoms with Crippen molar-refractivity contribution in [2.75, 3.05) is 18.6 Å². The predicted octanol–water partition coefficient (Wildman–Crippen LogP) is 2.92. The Bertz CT molecular complexity index is 630. The molecule has 1 amide bonds. The summed E-state index contributed by atoms with van der Waals surface area (Å²) >= 11 is 7.73. The van der Waals surface area contributed by atoms with Crippen molar-refractivity contribution in [2.45, 2.75) is 25.4 Å². The highest BCUT2D eigenvalue weighted by Gasteiger charge is 2.11. The van der Waals surface area contributed by atoms with Gasteiger partial charge in [0.1, 0.15) is 0 Å². The van der Waals surface area contributed by atoms with Crippen LogP contribution in [-0.4, -0.2) is 40.2 Å². The van der Waals surface area contributed by atoms with Crippen LogP contribution in [0.3, 0.4) is 0 Å². The molecular formula is C16H21ClN2O2S. The molecule has 1 aromatic heterocycles. The van der Waals surface area contributed by atoms with Crippen LogP contribution in [0, 0.1) is 0 Å². The van der Waals surface area contributed by atoms with Gasteiger partial charge in [0, 0.05) is 29.7 Å². The van der Waals surface area contributed by atoms with E-state index in [1.165, 1.54) is 0 Å². The number of nitrogens with one attached hydrogen (secondary N) is 1. The first-order valence-electron chi connectivity index (χ1n) is 7.27. The maximum absolute atomic E-state index is 12.0. The molecule has 4 nitrogen and oxygen atoms in total. The van der Waals surface area contributed by atoms with Gasteiger partial charge in [-0.25, -0.2) is 0 Å². The van der Waals surface area contributed by atoms with Crippen LogP contribution in [0.25, 0.3) is 10.9 Å². The molecule has 1 heterocycles. The summed E-state index contributed by atoms with van der Waals surface area (Å²) in [5.41, 5.74) is 1.03. The molecule has 0 radical (unpaired) electrons. The van der Waals surface area contributed by atoms with E-state index in [1.807, 2.05) is 41.3 Å². The number of benzene rings is 1. The lowest BCUT2D eigenvalue weighted by Crippen LogP contribution is -2.38. The highest BCUT2D eigenvalue weighted by atomic mass is 35.5. The van der Waals surface area contributed by atoms with E-state index in [0.29, 0.717) is 18.0 Å². The summed E-state index contributed by atoms with van der Waals surface area (Å²) in [6, 6.07) is 7.59. The van der Waals surface area contributed by atoms with Gasteiger partial charge in [-0.3, -0.25) is 4.79 Å². The fourth-order valence-electron chi connectivity index (χ4n) is 2.34. The Morgan fingerprint density at radius 1 is 1.45 bits per heavy atom. The summed E-state index contributed by atoms with van der Waals surface area (Å²) in [6.07, 6.45) is 5.14. The molecule has 2 rings (SSSR count). The van der Waals surface area contributed by atoms with Gasteiger partial charge in [0.2, 0.25) is 5.91 Å². The van der Waals surface area contributed by atoms with E-state index in [1.54, 1.807) is 11.8 Å². The molecule has 6 heteroatoms. The summed E-state index contributed by atoms with van der Waals surface area (Å²) in [6.45, 7) is 0.574. The third kappa shape index (κ3) is 4.66. The van der Waals surface area contributed by atoms with Gasteiger partial charge >= 0.3 is 0 Å². The average molecular weight is 341 g/mol. The predicted molar refractivity (Wildman–Crippen MR) is 93.6 cm³/mol. The first-order chi connectivity index (χ1) is 10.6. The number of fused-ring (bicyclic) bond motifs is 1. The number of aliphatic hydroxyl groups is 1. The van der Waals surface area contributed by atoms with Crippen molar-refractivity contribution in [1.29, 1.82) is 0 Å². The smallest absolute Gasteiger partial charge is 0.222 e. The quantitative estimate of drug-likeness (QED) is 0.777. The number of carbonyl (C=O) groups excluding carboxylic acids is 1.